The zero-order valence-electron chi connectivity index (χ0n) is 15.9. The first-order chi connectivity index (χ1) is 14.8. The van der Waals surface area contributed by atoms with Crippen LogP contribution in [-0.2, 0) is 7.05 Å². The zero-order chi connectivity index (χ0) is 22.1. The van der Waals surface area contributed by atoms with E-state index in [0.29, 0.717) is 16.7 Å². The summed E-state index contributed by atoms with van der Waals surface area (Å²) in [5, 5.41) is 18.4. The first-order valence-electron chi connectivity index (χ1n) is 8.83. The number of nitrogens with one attached hydrogen (secondary N) is 1. The fourth-order valence-corrected chi connectivity index (χ4v) is 3.19. The van der Waals surface area contributed by atoms with Crippen molar-refractivity contribution in [2.24, 2.45) is 7.05 Å². The summed E-state index contributed by atoms with van der Waals surface area (Å²) in [6.07, 6.45) is 4.73. The second-order valence-corrected chi connectivity index (χ2v) is 6.95. The average Bonchev–Trinajstić information content (AvgIpc) is 3.14. The molecule has 0 aliphatic heterocycles. The predicted molar refractivity (Wildman–Crippen MR) is 111 cm³/mol. The van der Waals surface area contributed by atoms with Gasteiger partial charge in [-0.05, 0) is 29.8 Å². The van der Waals surface area contributed by atoms with Crippen LogP contribution < -0.4 is 5.32 Å². The molecule has 0 unspecified atom stereocenters. The molecule has 0 spiro atoms. The Hall–Kier alpha value is -3.92. The molecule has 3 heterocycles. The van der Waals surface area contributed by atoms with Crippen LogP contribution in [0.25, 0.3) is 22.3 Å². The minimum absolute atomic E-state index is 0.0124. The first kappa shape index (κ1) is 20.4. The highest BCUT2D eigenvalue weighted by molar-refractivity contribution is 6.29. The van der Waals surface area contributed by atoms with Crippen LogP contribution in [0, 0.1) is 21.7 Å². The van der Waals surface area contributed by atoms with E-state index < -0.39 is 16.6 Å². The lowest BCUT2D eigenvalue weighted by Gasteiger charge is -2.10. The molecule has 0 aliphatic carbocycles. The van der Waals surface area contributed by atoms with Crippen LogP contribution in [0.15, 0.2) is 55.0 Å². The van der Waals surface area contributed by atoms with Gasteiger partial charge >= 0.3 is 5.69 Å². The molecule has 4 rings (SSSR count). The maximum atomic E-state index is 14.2. The number of aromatic nitrogens is 4. The van der Waals surface area contributed by atoms with E-state index >= 15 is 0 Å². The van der Waals surface area contributed by atoms with Gasteiger partial charge in [-0.15, -0.1) is 0 Å². The minimum atomic E-state index is -0.779. The Bertz CT molecular complexity index is 1310. The van der Waals surface area contributed by atoms with Crippen LogP contribution in [0.1, 0.15) is 0 Å². The van der Waals surface area contributed by atoms with Crippen molar-refractivity contribution >= 4 is 28.9 Å². The lowest BCUT2D eigenvalue weighted by Crippen LogP contribution is -2.02. The van der Waals surface area contributed by atoms with Gasteiger partial charge in [0.05, 0.1) is 11.1 Å². The van der Waals surface area contributed by atoms with Gasteiger partial charge in [-0.1, -0.05) is 11.6 Å². The highest BCUT2D eigenvalue weighted by Crippen LogP contribution is 2.32. The summed E-state index contributed by atoms with van der Waals surface area (Å²) in [5.41, 5.74) is 1.30. The van der Waals surface area contributed by atoms with Gasteiger partial charge < -0.3 is 5.32 Å². The molecule has 11 heteroatoms. The zero-order valence-corrected chi connectivity index (χ0v) is 16.6. The highest BCUT2D eigenvalue weighted by atomic mass is 35.5. The van der Waals surface area contributed by atoms with Crippen molar-refractivity contribution in [1.82, 2.24) is 19.7 Å². The Kier molecular flexibility index (Phi) is 5.30. The van der Waals surface area contributed by atoms with Gasteiger partial charge in [0.1, 0.15) is 22.6 Å². The smallest absolute Gasteiger partial charge is 0.312 e. The van der Waals surface area contributed by atoms with Crippen molar-refractivity contribution in [3.05, 3.63) is 81.9 Å². The van der Waals surface area contributed by atoms with E-state index in [1.54, 1.807) is 24.1 Å². The highest BCUT2D eigenvalue weighted by Gasteiger charge is 2.19. The van der Waals surface area contributed by atoms with Gasteiger partial charge in [-0.25, -0.2) is 18.7 Å². The topological polar surface area (TPSA) is 98.8 Å². The molecular formula is C20H13ClF2N6O2. The lowest BCUT2D eigenvalue weighted by atomic mass is 10.1. The summed E-state index contributed by atoms with van der Waals surface area (Å²) in [6, 6.07) is 7.32. The summed E-state index contributed by atoms with van der Waals surface area (Å²) >= 11 is 6.05. The number of nitrogens with zero attached hydrogens (tertiary/aromatic N) is 5. The van der Waals surface area contributed by atoms with Gasteiger partial charge in [-0.3, -0.25) is 14.8 Å². The van der Waals surface area contributed by atoms with Gasteiger partial charge in [0.15, 0.2) is 0 Å². The molecule has 1 N–H and O–H groups in total. The molecule has 0 radical (unpaired) electrons. The number of aryl methyl sites for hydroxylation is 1. The van der Waals surface area contributed by atoms with Crippen molar-refractivity contribution in [3.8, 4) is 22.3 Å². The van der Waals surface area contributed by atoms with Crippen LogP contribution in [-0.4, -0.2) is 24.7 Å². The number of pyridine rings is 2. The molecule has 0 saturated heterocycles. The number of hydrogen-bond acceptors (Lipinski definition) is 6. The van der Waals surface area contributed by atoms with Crippen molar-refractivity contribution in [3.63, 3.8) is 0 Å². The van der Waals surface area contributed by atoms with E-state index in [1.807, 2.05) is 0 Å². The fourth-order valence-electron chi connectivity index (χ4n) is 2.98. The van der Waals surface area contributed by atoms with Gasteiger partial charge in [0.25, 0.3) is 0 Å². The molecule has 3 aromatic heterocycles. The Balaban J connectivity index is 1.72. The van der Waals surface area contributed by atoms with E-state index in [1.165, 1.54) is 30.5 Å². The Morgan fingerprint density at radius 1 is 1.10 bits per heavy atom. The van der Waals surface area contributed by atoms with Crippen LogP contribution in [0.5, 0.6) is 0 Å². The number of hydrogen-bond donors (Lipinski definition) is 1. The molecule has 4 aromatic rings. The number of rotatable bonds is 5. The van der Waals surface area contributed by atoms with Crippen LogP contribution in [0.2, 0.25) is 5.15 Å². The number of anilines is 2. The monoisotopic (exact) mass is 442 g/mol. The summed E-state index contributed by atoms with van der Waals surface area (Å²) in [7, 11) is 1.73. The molecule has 0 atom stereocenters. The summed E-state index contributed by atoms with van der Waals surface area (Å²) in [5.74, 6) is -1.46. The second kappa shape index (κ2) is 8.07. The van der Waals surface area contributed by atoms with Crippen molar-refractivity contribution < 1.29 is 13.7 Å². The molecule has 0 fully saturated rings. The average molecular weight is 443 g/mol. The maximum absolute atomic E-state index is 14.2. The third-order valence-corrected chi connectivity index (χ3v) is 4.58. The Morgan fingerprint density at radius 2 is 1.90 bits per heavy atom. The Morgan fingerprint density at radius 3 is 2.58 bits per heavy atom. The second-order valence-electron chi connectivity index (χ2n) is 6.56. The van der Waals surface area contributed by atoms with Crippen molar-refractivity contribution in [2.45, 2.75) is 0 Å². The van der Waals surface area contributed by atoms with E-state index in [0.717, 1.165) is 12.1 Å². The fraction of sp³-hybridized carbons (Fsp3) is 0.0500. The van der Waals surface area contributed by atoms with Gasteiger partial charge in [0, 0.05) is 48.3 Å². The molecule has 31 heavy (non-hydrogen) atoms. The lowest BCUT2D eigenvalue weighted by molar-refractivity contribution is -0.384. The van der Waals surface area contributed by atoms with Crippen LogP contribution >= 0.6 is 11.6 Å². The maximum Gasteiger partial charge on any atom is 0.312 e. The third kappa shape index (κ3) is 4.33. The molecule has 0 bridgehead atoms. The molecule has 1 aromatic carbocycles. The van der Waals surface area contributed by atoms with E-state index in [9.17, 15) is 18.9 Å². The summed E-state index contributed by atoms with van der Waals surface area (Å²) < 4.78 is 29.0. The number of benzene rings is 1. The van der Waals surface area contributed by atoms with Gasteiger partial charge in [0.2, 0.25) is 5.82 Å². The van der Waals surface area contributed by atoms with E-state index in [-0.39, 0.29) is 28.0 Å². The van der Waals surface area contributed by atoms with Crippen molar-refractivity contribution in [2.75, 3.05) is 5.32 Å². The molecule has 0 aliphatic rings. The largest absolute Gasteiger partial charge is 0.319 e. The molecule has 156 valence electrons. The first-order valence-corrected chi connectivity index (χ1v) is 9.21. The SMILES string of the molecule is Cn1cc(-c2cnc(Nc3cc(-c4ccc(F)cc4F)cc(Cl)n3)c([N+](=O)[O-])c2)cn1. The normalized spacial score (nSPS) is 10.8. The quantitative estimate of drug-likeness (QED) is 0.261. The van der Waals surface area contributed by atoms with E-state index in [4.69, 9.17) is 11.6 Å². The van der Waals surface area contributed by atoms with Crippen LogP contribution in [0.3, 0.4) is 0 Å². The Labute approximate surface area is 179 Å². The molecule has 0 saturated carbocycles. The molecular weight excluding hydrogens is 430 g/mol. The summed E-state index contributed by atoms with van der Waals surface area (Å²) in [6.45, 7) is 0. The predicted octanol–water partition coefficient (Wildman–Crippen LogP) is 5.13. The molecule has 0 amide bonds. The number of nitro groups is 1. The third-order valence-electron chi connectivity index (χ3n) is 4.39. The summed E-state index contributed by atoms with van der Waals surface area (Å²) in [4.78, 5) is 19.2. The van der Waals surface area contributed by atoms with Gasteiger partial charge in [-0.2, -0.15) is 5.10 Å². The van der Waals surface area contributed by atoms with Crippen LogP contribution in [0.4, 0.5) is 26.1 Å². The minimum Gasteiger partial charge on any atom is -0.319 e. The number of halogens is 3. The van der Waals surface area contributed by atoms with Crippen molar-refractivity contribution in [1.29, 1.82) is 0 Å². The van der Waals surface area contributed by atoms with E-state index in [2.05, 4.69) is 20.4 Å². The molecule has 8 nitrogen and oxygen atoms in total. The standard InChI is InChI=1S/C20H13ClF2N6O2/c1-28-10-13(9-25-28)12-4-17(29(30)31)20(24-8-12)27-19-6-11(5-18(21)26-19)15-3-2-14(22)7-16(15)23/h2-10H,1H3,(H,24,26,27).